The van der Waals surface area contributed by atoms with E-state index in [1.54, 1.807) is 0 Å². The number of anilines is 1. The van der Waals surface area contributed by atoms with Crippen molar-refractivity contribution in [3.63, 3.8) is 0 Å². The predicted molar refractivity (Wildman–Crippen MR) is 69.5 cm³/mol. The Morgan fingerprint density at radius 3 is 3.00 bits per heavy atom. The fourth-order valence-electron chi connectivity index (χ4n) is 2.27. The average molecular weight is 279 g/mol. The Labute approximate surface area is 105 Å². The third-order valence-corrected chi connectivity index (χ3v) is 3.57. The average Bonchev–Trinajstić information content (AvgIpc) is 2.29. The van der Waals surface area contributed by atoms with Gasteiger partial charge < -0.3 is 4.90 Å². The summed E-state index contributed by atoms with van der Waals surface area (Å²) in [7, 11) is 0. The van der Waals surface area contributed by atoms with Gasteiger partial charge in [-0.25, -0.2) is 0 Å². The number of nitriles is 1. The Morgan fingerprint density at radius 1 is 1.50 bits per heavy atom. The van der Waals surface area contributed by atoms with Gasteiger partial charge in [0.1, 0.15) is 6.07 Å². The van der Waals surface area contributed by atoms with E-state index >= 15 is 0 Å². The topological polar surface area (TPSA) is 27.0 Å². The lowest BCUT2D eigenvalue weighted by atomic mass is 9.99. The molecule has 0 bridgehead atoms. The fraction of sp³-hybridized carbons (Fsp3) is 0.462. The van der Waals surface area contributed by atoms with Gasteiger partial charge in [-0.1, -0.05) is 22.9 Å². The minimum atomic E-state index is 0.722. The Kier molecular flexibility index (Phi) is 3.50. The highest BCUT2D eigenvalue weighted by Crippen LogP contribution is 2.28. The molecule has 16 heavy (non-hydrogen) atoms. The van der Waals surface area contributed by atoms with Crippen molar-refractivity contribution in [2.45, 2.75) is 19.8 Å². The zero-order chi connectivity index (χ0) is 11.5. The van der Waals surface area contributed by atoms with E-state index in [0.717, 1.165) is 34.7 Å². The first kappa shape index (κ1) is 11.5. The molecule has 1 heterocycles. The summed E-state index contributed by atoms with van der Waals surface area (Å²) in [6.07, 6.45) is 2.52. The third kappa shape index (κ3) is 2.38. The van der Waals surface area contributed by atoms with Gasteiger partial charge in [-0.05, 0) is 37.0 Å². The molecule has 2 nitrogen and oxygen atoms in total. The molecule has 0 aromatic heterocycles. The third-order valence-electron chi connectivity index (χ3n) is 3.08. The normalized spacial score (nSPS) is 20.6. The molecule has 0 radical (unpaired) electrons. The Hall–Kier alpha value is -1.01. The lowest BCUT2D eigenvalue weighted by molar-refractivity contribution is 0.446. The fourth-order valence-corrected chi connectivity index (χ4v) is 2.62. The van der Waals surface area contributed by atoms with Crippen LogP contribution in [0, 0.1) is 17.2 Å². The quantitative estimate of drug-likeness (QED) is 0.786. The van der Waals surface area contributed by atoms with E-state index in [2.05, 4.69) is 39.9 Å². The van der Waals surface area contributed by atoms with Crippen molar-refractivity contribution < 1.29 is 0 Å². The summed E-state index contributed by atoms with van der Waals surface area (Å²) in [4.78, 5) is 2.33. The van der Waals surface area contributed by atoms with E-state index in [1.807, 2.05) is 12.1 Å². The number of benzene rings is 1. The maximum atomic E-state index is 9.11. The molecule has 0 amide bonds. The molecule has 0 aliphatic carbocycles. The van der Waals surface area contributed by atoms with E-state index in [-0.39, 0.29) is 0 Å². The summed E-state index contributed by atoms with van der Waals surface area (Å²) in [6, 6.07) is 8.14. The van der Waals surface area contributed by atoms with Gasteiger partial charge >= 0.3 is 0 Å². The smallest absolute Gasteiger partial charge is 0.101 e. The highest BCUT2D eigenvalue weighted by molar-refractivity contribution is 9.10. The van der Waals surface area contributed by atoms with Gasteiger partial charge in [0.15, 0.2) is 0 Å². The van der Waals surface area contributed by atoms with Crippen LogP contribution in [0.5, 0.6) is 0 Å². The molecular weight excluding hydrogens is 264 g/mol. The first-order chi connectivity index (χ1) is 7.70. The number of piperidine rings is 1. The largest absolute Gasteiger partial charge is 0.370 e. The Bertz CT molecular complexity index is 422. The highest BCUT2D eigenvalue weighted by Gasteiger charge is 2.18. The van der Waals surface area contributed by atoms with Crippen LogP contribution < -0.4 is 4.90 Å². The zero-order valence-corrected chi connectivity index (χ0v) is 11.0. The molecule has 0 spiro atoms. The first-order valence-electron chi connectivity index (χ1n) is 5.65. The van der Waals surface area contributed by atoms with Crippen LogP contribution in [0.15, 0.2) is 22.7 Å². The zero-order valence-electron chi connectivity index (χ0n) is 9.41. The number of halogens is 1. The summed E-state index contributed by atoms with van der Waals surface area (Å²) >= 11 is 3.47. The van der Waals surface area contributed by atoms with E-state index in [9.17, 15) is 0 Å². The molecule has 2 rings (SSSR count). The minimum Gasteiger partial charge on any atom is -0.370 e. The second kappa shape index (κ2) is 4.88. The van der Waals surface area contributed by atoms with E-state index in [1.165, 1.54) is 12.8 Å². The molecule has 1 unspecified atom stereocenters. The molecule has 0 N–H and O–H groups in total. The molecule has 84 valence electrons. The minimum absolute atomic E-state index is 0.722. The van der Waals surface area contributed by atoms with Crippen molar-refractivity contribution in [3.8, 4) is 6.07 Å². The maximum absolute atomic E-state index is 9.11. The van der Waals surface area contributed by atoms with Crippen LogP contribution >= 0.6 is 15.9 Å². The van der Waals surface area contributed by atoms with Gasteiger partial charge in [0, 0.05) is 17.6 Å². The maximum Gasteiger partial charge on any atom is 0.101 e. The van der Waals surface area contributed by atoms with Gasteiger partial charge in [-0.3, -0.25) is 0 Å². The molecule has 3 heteroatoms. The highest BCUT2D eigenvalue weighted by atomic mass is 79.9. The van der Waals surface area contributed by atoms with Gasteiger partial charge in [-0.15, -0.1) is 0 Å². The Balaban J connectivity index is 2.31. The molecule has 1 aliphatic rings. The van der Waals surface area contributed by atoms with Crippen LogP contribution in [0.4, 0.5) is 5.69 Å². The van der Waals surface area contributed by atoms with Crippen molar-refractivity contribution >= 4 is 21.6 Å². The Morgan fingerprint density at radius 2 is 2.31 bits per heavy atom. The van der Waals surface area contributed by atoms with Crippen LogP contribution in [0.1, 0.15) is 25.3 Å². The van der Waals surface area contributed by atoms with Crippen LogP contribution in [-0.2, 0) is 0 Å². The molecule has 1 aromatic carbocycles. The summed E-state index contributed by atoms with van der Waals surface area (Å²) in [5, 5.41) is 9.11. The van der Waals surface area contributed by atoms with Crippen molar-refractivity contribution in [2.24, 2.45) is 5.92 Å². The van der Waals surface area contributed by atoms with Crippen LogP contribution in [0.2, 0.25) is 0 Å². The molecule has 1 fully saturated rings. The molecule has 1 saturated heterocycles. The van der Waals surface area contributed by atoms with Gasteiger partial charge in [0.25, 0.3) is 0 Å². The van der Waals surface area contributed by atoms with Gasteiger partial charge in [0.05, 0.1) is 11.3 Å². The summed E-state index contributed by atoms with van der Waals surface area (Å²) < 4.78 is 1.04. The van der Waals surface area contributed by atoms with Crippen molar-refractivity contribution in [1.82, 2.24) is 0 Å². The molecule has 1 aromatic rings. The van der Waals surface area contributed by atoms with Crippen molar-refractivity contribution in [3.05, 3.63) is 28.2 Å². The van der Waals surface area contributed by atoms with Crippen molar-refractivity contribution in [1.29, 1.82) is 5.26 Å². The molecule has 1 aliphatic heterocycles. The molecule has 0 saturated carbocycles. The lowest BCUT2D eigenvalue weighted by Crippen LogP contribution is -2.34. The van der Waals surface area contributed by atoms with Gasteiger partial charge in [-0.2, -0.15) is 5.26 Å². The SMILES string of the molecule is CC1CCCN(c2cc(Br)ccc2C#N)C1. The van der Waals surface area contributed by atoms with Crippen LogP contribution in [0.3, 0.4) is 0 Å². The summed E-state index contributed by atoms with van der Waals surface area (Å²) in [5.74, 6) is 0.722. The number of nitrogens with zero attached hydrogens (tertiary/aromatic N) is 2. The van der Waals surface area contributed by atoms with Crippen LogP contribution in [0.25, 0.3) is 0 Å². The van der Waals surface area contributed by atoms with Gasteiger partial charge in [0.2, 0.25) is 0 Å². The summed E-state index contributed by atoms with van der Waals surface area (Å²) in [5.41, 5.74) is 1.85. The standard InChI is InChI=1S/C13H15BrN2/c1-10-3-2-6-16(9-10)13-7-12(14)5-4-11(13)8-15/h4-5,7,10H,2-3,6,9H2,1H3. The second-order valence-corrected chi connectivity index (χ2v) is 5.38. The molecular formula is C13H15BrN2. The van der Waals surface area contributed by atoms with Crippen molar-refractivity contribution in [2.75, 3.05) is 18.0 Å². The van der Waals surface area contributed by atoms with E-state index in [4.69, 9.17) is 5.26 Å². The lowest BCUT2D eigenvalue weighted by Gasteiger charge is -2.33. The van der Waals surface area contributed by atoms with Crippen LogP contribution in [-0.4, -0.2) is 13.1 Å². The number of rotatable bonds is 1. The van der Waals surface area contributed by atoms with E-state index < -0.39 is 0 Å². The van der Waals surface area contributed by atoms with E-state index in [0.29, 0.717) is 0 Å². The summed E-state index contributed by atoms with van der Waals surface area (Å²) in [6.45, 7) is 4.40. The second-order valence-electron chi connectivity index (χ2n) is 4.47. The number of hydrogen-bond donors (Lipinski definition) is 0. The predicted octanol–water partition coefficient (Wildman–Crippen LogP) is 3.56. The molecule has 1 atom stereocenters. The number of hydrogen-bond acceptors (Lipinski definition) is 2. The first-order valence-corrected chi connectivity index (χ1v) is 6.44. The monoisotopic (exact) mass is 278 g/mol.